The maximum absolute atomic E-state index is 11.8. The average Bonchev–Trinajstić information content (AvgIpc) is 3.05. The Labute approximate surface area is 146 Å². The van der Waals surface area contributed by atoms with Gasteiger partial charge in [0.1, 0.15) is 11.6 Å². The van der Waals surface area contributed by atoms with Gasteiger partial charge in [-0.2, -0.15) is 0 Å². The van der Waals surface area contributed by atoms with E-state index < -0.39 is 0 Å². The van der Waals surface area contributed by atoms with Crippen molar-refractivity contribution in [2.75, 3.05) is 39.9 Å². The third-order valence-electron chi connectivity index (χ3n) is 4.23. The van der Waals surface area contributed by atoms with E-state index in [2.05, 4.69) is 41.5 Å². The number of carbonyl (C=O) groups is 1. The molecule has 2 aromatic rings. The smallest absolute Gasteiger partial charge is 0.248 e. The fraction of sp³-hybridized carbons (Fsp3) is 0.444. The minimum Gasteiger partial charge on any atom is -0.375 e. The zero-order chi connectivity index (χ0) is 16.9. The number of ether oxygens (including phenoxy) is 1. The molecule has 3 rings (SSSR count). The topological polar surface area (TPSA) is 45.7 Å². The van der Waals surface area contributed by atoms with Crippen LogP contribution in [0.1, 0.15) is 11.3 Å². The molecule has 0 atom stereocenters. The van der Waals surface area contributed by atoms with Crippen LogP contribution < -0.4 is 0 Å². The van der Waals surface area contributed by atoms with E-state index in [1.54, 1.807) is 18.4 Å². The number of hydrogen-bond acceptors (Lipinski definition) is 5. The molecule has 6 heteroatoms. The average molecular weight is 345 g/mol. The van der Waals surface area contributed by atoms with Crippen molar-refractivity contribution in [3.05, 3.63) is 40.9 Å². The molecule has 0 bridgehead atoms. The highest BCUT2D eigenvalue weighted by atomic mass is 32.1. The van der Waals surface area contributed by atoms with E-state index in [9.17, 15) is 4.79 Å². The summed E-state index contributed by atoms with van der Waals surface area (Å²) in [5.41, 5.74) is 3.54. The van der Waals surface area contributed by atoms with Crippen LogP contribution in [0.25, 0.3) is 10.6 Å². The summed E-state index contributed by atoms with van der Waals surface area (Å²) < 4.78 is 4.92. The Balaban J connectivity index is 1.54. The SMILES string of the molecule is COCC(=O)N1CCN(Cc2csc(-c3ccc(C)cc3)n2)CC1. The second-order valence-electron chi connectivity index (χ2n) is 6.10. The van der Waals surface area contributed by atoms with Gasteiger partial charge in [-0.3, -0.25) is 9.69 Å². The first-order chi connectivity index (χ1) is 11.7. The van der Waals surface area contributed by atoms with Crippen molar-refractivity contribution < 1.29 is 9.53 Å². The third kappa shape index (κ3) is 4.20. The van der Waals surface area contributed by atoms with Gasteiger partial charge in [-0.05, 0) is 6.92 Å². The van der Waals surface area contributed by atoms with Gasteiger partial charge in [-0.1, -0.05) is 29.8 Å². The summed E-state index contributed by atoms with van der Waals surface area (Å²) in [6, 6.07) is 8.48. The highest BCUT2D eigenvalue weighted by Gasteiger charge is 2.21. The van der Waals surface area contributed by atoms with Crippen LogP contribution in [0.4, 0.5) is 0 Å². The van der Waals surface area contributed by atoms with Crippen LogP contribution in [0, 0.1) is 6.92 Å². The lowest BCUT2D eigenvalue weighted by atomic mass is 10.2. The summed E-state index contributed by atoms with van der Waals surface area (Å²) in [5, 5.41) is 3.20. The Morgan fingerprint density at radius 1 is 1.21 bits per heavy atom. The molecule has 1 fully saturated rings. The first-order valence-electron chi connectivity index (χ1n) is 8.16. The minimum atomic E-state index is 0.0764. The van der Waals surface area contributed by atoms with E-state index >= 15 is 0 Å². The van der Waals surface area contributed by atoms with Gasteiger partial charge in [0, 0.05) is 50.8 Å². The Bertz CT molecular complexity index is 676. The molecular formula is C18H23N3O2S. The number of benzene rings is 1. The molecule has 0 spiro atoms. The minimum absolute atomic E-state index is 0.0764. The van der Waals surface area contributed by atoms with Crippen LogP contribution in [-0.4, -0.2) is 60.6 Å². The predicted octanol–water partition coefficient (Wildman–Crippen LogP) is 2.41. The Morgan fingerprint density at radius 3 is 2.58 bits per heavy atom. The van der Waals surface area contributed by atoms with E-state index in [0.717, 1.165) is 43.4 Å². The Kier molecular flexibility index (Phi) is 5.60. The fourth-order valence-corrected chi connectivity index (χ4v) is 3.62. The van der Waals surface area contributed by atoms with Crippen molar-refractivity contribution in [2.45, 2.75) is 13.5 Å². The standard InChI is InChI=1S/C18H23N3O2S/c1-14-3-5-15(6-4-14)18-19-16(13-24-18)11-20-7-9-21(10-8-20)17(22)12-23-2/h3-6,13H,7-12H2,1-2H3. The summed E-state index contributed by atoms with van der Waals surface area (Å²) >= 11 is 1.69. The van der Waals surface area contributed by atoms with Crippen molar-refractivity contribution in [3.8, 4) is 10.6 Å². The normalized spacial score (nSPS) is 15.7. The van der Waals surface area contributed by atoms with Crippen molar-refractivity contribution in [2.24, 2.45) is 0 Å². The highest BCUT2D eigenvalue weighted by molar-refractivity contribution is 7.13. The second kappa shape index (κ2) is 7.88. The number of methoxy groups -OCH3 is 1. The molecule has 0 saturated carbocycles. The highest BCUT2D eigenvalue weighted by Crippen LogP contribution is 2.24. The largest absolute Gasteiger partial charge is 0.375 e. The molecule has 0 unspecified atom stereocenters. The second-order valence-corrected chi connectivity index (χ2v) is 6.96. The van der Waals surface area contributed by atoms with E-state index in [1.165, 1.54) is 11.1 Å². The number of amides is 1. The quantitative estimate of drug-likeness (QED) is 0.835. The van der Waals surface area contributed by atoms with E-state index in [0.29, 0.717) is 0 Å². The molecule has 24 heavy (non-hydrogen) atoms. The first-order valence-corrected chi connectivity index (χ1v) is 9.04. The molecule has 1 aliphatic heterocycles. The monoisotopic (exact) mass is 345 g/mol. The molecule has 128 valence electrons. The third-order valence-corrected chi connectivity index (χ3v) is 5.17. The lowest BCUT2D eigenvalue weighted by molar-refractivity contribution is -0.136. The zero-order valence-corrected chi connectivity index (χ0v) is 15.0. The number of rotatable bonds is 5. The van der Waals surface area contributed by atoms with Crippen LogP contribution in [-0.2, 0) is 16.1 Å². The molecule has 0 aliphatic carbocycles. The number of carbonyl (C=O) groups excluding carboxylic acids is 1. The zero-order valence-electron chi connectivity index (χ0n) is 14.2. The van der Waals surface area contributed by atoms with Crippen LogP contribution in [0.3, 0.4) is 0 Å². The predicted molar refractivity (Wildman–Crippen MR) is 96.0 cm³/mol. The number of hydrogen-bond donors (Lipinski definition) is 0. The van der Waals surface area contributed by atoms with Crippen molar-refractivity contribution in [3.63, 3.8) is 0 Å². The van der Waals surface area contributed by atoms with Crippen molar-refractivity contribution in [1.29, 1.82) is 0 Å². The molecule has 1 saturated heterocycles. The van der Waals surface area contributed by atoms with Gasteiger partial charge in [0.15, 0.2) is 0 Å². The summed E-state index contributed by atoms with van der Waals surface area (Å²) in [4.78, 5) is 20.8. The van der Waals surface area contributed by atoms with E-state index in [-0.39, 0.29) is 12.5 Å². The Morgan fingerprint density at radius 2 is 1.92 bits per heavy atom. The summed E-state index contributed by atoms with van der Waals surface area (Å²) in [7, 11) is 1.56. The lowest BCUT2D eigenvalue weighted by Gasteiger charge is -2.34. The van der Waals surface area contributed by atoms with Crippen molar-refractivity contribution >= 4 is 17.2 Å². The molecule has 5 nitrogen and oxygen atoms in total. The van der Waals surface area contributed by atoms with Crippen molar-refractivity contribution in [1.82, 2.24) is 14.8 Å². The first kappa shape index (κ1) is 17.1. The Hall–Kier alpha value is -1.76. The maximum Gasteiger partial charge on any atom is 0.248 e. The summed E-state index contributed by atoms with van der Waals surface area (Å²) in [6.45, 7) is 6.39. The van der Waals surface area contributed by atoms with Gasteiger partial charge in [0.25, 0.3) is 0 Å². The van der Waals surface area contributed by atoms with Crippen LogP contribution in [0.2, 0.25) is 0 Å². The molecule has 1 aromatic heterocycles. The molecule has 1 aliphatic rings. The number of thiazole rings is 1. The van der Waals surface area contributed by atoms with Gasteiger partial charge < -0.3 is 9.64 Å². The maximum atomic E-state index is 11.8. The van der Waals surface area contributed by atoms with E-state index in [1.807, 2.05) is 4.90 Å². The molecular weight excluding hydrogens is 322 g/mol. The van der Waals surface area contributed by atoms with Gasteiger partial charge in [0.05, 0.1) is 5.69 Å². The van der Waals surface area contributed by atoms with Crippen LogP contribution in [0.5, 0.6) is 0 Å². The number of piperazine rings is 1. The lowest BCUT2D eigenvalue weighted by Crippen LogP contribution is -2.49. The fourth-order valence-electron chi connectivity index (χ4n) is 2.81. The van der Waals surface area contributed by atoms with E-state index in [4.69, 9.17) is 9.72 Å². The molecule has 2 heterocycles. The van der Waals surface area contributed by atoms with Crippen LogP contribution in [0.15, 0.2) is 29.6 Å². The van der Waals surface area contributed by atoms with Gasteiger partial charge in [-0.25, -0.2) is 4.98 Å². The molecule has 0 N–H and O–H groups in total. The number of aromatic nitrogens is 1. The van der Waals surface area contributed by atoms with Crippen LogP contribution >= 0.6 is 11.3 Å². The van der Waals surface area contributed by atoms with Gasteiger partial charge in [-0.15, -0.1) is 11.3 Å². The summed E-state index contributed by atoms with van der Waals surface area (Å²) in [5.74, 6) is 0.0764. The number of nitrogens with zero attached hydrogens (tertiary/aromatic N) is 3. The number of aryl methyl sites for hydroxylation is 1. The van der Waals surface area contributed by atoms with Gasteiger partial charge in [0.2, 0.25) is 5.91 Å². The molecule has 1 amide bonds. The van der Waals surface area contributed by atoms with Gasteiger partial charge >= 0.3 is 0 Å². The molecule has 1 aromatic carbocycles. The molecule has 0 radical (unpaired) electrons. The summed E-state index contributed by atoms with van der Waals surface area (Å²) in [6.07, 6.45) is 0.